The fraction of sp³-hybridized carbons (Fsp3) is 0.182. The first-order chi connectivity index (χ1) is 14.5. The topological polar surface area (TPSA) is 103 Å². The number of carbonyl (C=O) groups excluding carboxylic acids is 1. The quantitative estimate of drug-likeness (QED) is 0.344. The van der Waals surface area contributed by atoms with Crippen LogP contribution in [0.15, 0.2) is 65.8 Å². The Bertz CT molecular complexity index is 1110. The van der Waals surface area contributed by atoms with E-state index in [0.717, 1.165) is 22.1 Å². The molecule has 8 heteroatoms. The van der Waals surface area contributed by atoms with Crippen molar-refractivity contribution in [2.75, 3.05) is 13.7 Å². The Kier molecular flexibility index (Phi) is 6.59. The number of nitro groups is 1. The number of rotatable bonds is 8. The average molecular weight is 407 g/mol. The molecule has 3 aromatic rings. The van der Waals surface area contributed by atoms with Crippen molar-refractivity contribution in [1.82, 2.24) is 5.43 Å². The van der Waals surface area contributed by atoms with Crippen molar-refractivity contribution < 1.29 is 19.2 Å². The van der Waals surface area contributed by atoms with Gasteiger partial charge in [0.1, 0.15) is 5.75 Å². The largest absolute Gasteiger partial charge is 0.497 e. The Morgan fingerprint density at radius 3 is 2.57 bits per heavy atom. The Morgan fingerprint density at radius 2 is 1.83 bits per heavy atom. The van der Waals surface area contributed by atoms with Crippen molar-refractivity contribution in [2.24, 2.45) is 5.10 Å². The van der Waals surface area contributed by atoms with Gasteiger partial charge in [0.05, 0.1) is 17.7 Å². The van der Waals surface area contributed by atoms with Crippen LogP contribution in [0.5, 0.6) is 11.5 Å². The highest BCUT2D eigenvalue weighted by Gasteiger charge is 2.15. The van der Waals surface area contributed by atoms with Crippen LogP contribution < -0.4 is 14.9 Å². The van der Waals surface area contributed by atoms with E-state index in [2.05, 4.69) is 10.5 Å². The van der Waals surface area contributed by atoms with Crippen molar-refractivity contribution in [3.8, 4) is 11.5 Å². The first-order valence-electron chi connectivity index (χ1n) is 9.31. The third-order valence-corrected chi connectivity index (χ3v) is 4.45. The fourth-order valence-electron chi connectivity index (χ4n) is 2.91. The summed E-state index contributed by atoms with van der Waals surface area (Å²) in [7, 11) is 1.62. The van der Waals surface area contributed by atoms with Crippen LogP contribution in [0.1, 0.15) is 18.9 Å². The van der Waals surface area contributed by atoms with Crippen LogP contribution >= 0.6 is 0 Å². The lowest BCUT2D eigenvalue weighted by molar-refractivity contribution is -0.385. The molecule has 0 aliphatic carbocycles. The second kappa shape index (κ2) is 9.51. The van der Waals surface area contributed by atoms with Gasteiger partial charge in [-0.15, -0.1) is 0 Å². The van der Waals surface area contributed by atoms with Gasteiger partial charge in [0.15, 0.2) is 12.4 Å². The molecule has 0 heterocycles. The summed E-state index contributed by atoms with van der Waals surface area (Å²) < 4.78 is 10.5. The molecule has 3 rings (SSSR count). The molecule has 30 heavy (non-hydrogen) atoms. The molecule has 0 aliphatic heterocycles. The van der Waals surface area contributed by atoms with Gasteiger partial charge in [-0.25, -0.2) is 5.43 Å². The number of nitro benzene ring substituents is 1. The maximum Gasteiger partial charge on any atom is 0.310 e. The molecule has 0 spiro atoms. The van der Waals surface area contributed by atoms with Crippen LogP contribution in [0.2, 0.25) is 0 Å². The van der Waals surface area contributed by atoms with Gasteiger partial charge in [-0.3, -0.25) is 14.9 Å². The monoisotopic (exact) mass is 407 g/mol. The Morgan fingerprint density at radius 1 is 1.10 bits per heavy atom. The van der Waals surface area contributed by atoms with E-state index in [-0.39, 0.29) is 18.0 Å². The summed E-state index contributed by atoms with van der Waals surface area (Å²) in [6, 6.07) is 17.6. The number of hydrogen-bond acceptors (Lipinski definition) is 6. The highest BCUT2D eigenvalue weighted by atomic mass is 16.6. The molecule has 0 fully saturated rings. The first kappa shape index (κ1) is 20.8. The third-order valence-electron chi connectivity index (χ3n) is 4.45. The number of hydrazone groups is 1. The predicted molar refractivity (Wildman–Crippen MR) is 114 cm³/mol. The smallest absolute Gasteiger partial charge is 0.310 e. The number of nitrogens with one attached hydrogen (secondary N) is 1. The van der Waals surface area contributed by atoms with Crippen molar-refractivity contribution >= 4 is 28.1 Å². The van der Waals surface area contributed by atoms with Gasteiger partial charge in [-0.05, 0) is 47.0 Å². The summed E-state index contributed by atoms with van der Waals surface area (Å²) >= 11 is 0. The molecule has 0 saturated carbocycles. The van der Waals surface area contributed by atoms with Gasteiger partial charge < -0.3 is 9.47 Å². The Hall–Kier alpha value is -3.94. The van der Waals surface area contributed by atoms with Gasteiger partial charge in [0, 0.05) is 6.07 Å². The van der Waals surface area contributed by atoms with Crippen LogP contribution in [0.4, 0.5) is 5.69 Å². The van der Waals surface area contributed by atoms with Gasteiger partial charge in [0.25, 0.3) is 5.91 Å². The van der Waals surface area contributed by atoms with Crippen molar-refractivity contribution in [1.29, 1.82) is 0 Å². The minimum absolute atomic E-state index is 0.0299. The van der Waals surface area contributed by atoms with Gasteiger partial charge in [-0.2, -0.15) is 5.10 Å². The average Bonchev–Trinajstić information content (AvgIpc) is 2.77. The molecule has 0 radical (unpaired) electrons. The van der Waals surface area contributed by atoms with Crippen molar-refractivity contribution in [3.05, 3.63) is 76.3 Å². The molecule has 0 atom stereocenters. The molecule has 1 N–H and O–H groups in total. The SMILES string of the molecule is CC/C(=N/NC(=O)COc1ccccc1[N+](=O)[O-])c1ccc2cc(OC)ccc2c1. The number of carbonyl (C=O) groups is 1. The number of ether oxygens (including phenoxy) is 2. The van der Waals surface area contributed by atoms with Crippen LogP contribution in [0.25, 0.3) is 10.8 Å². The second-order valence-electron chi connectivity index (χ2n) is 6.39. The molecule has 0 bridgehead atoms. The lowest BCUT2D eigenvalue weighted by Gasteiger charge is -2.09. The maximum absolute atomic E-state index is 12.1. The number of methoxy groups -OCH3 is 1. The lowest BCUT2D eigenvalue weighted by Crippen LogP contribution is -2.26. The summed E-state index contributed by atoms with van der Waals surface area (Å²) in [6.07, 6.45) is 0.604. The summed E-state index contributed by atoms with van der Waals surface area (Å²) in [5.74, 6) is 0.303. The lowest BCUT2D eigenvalue weighted by atomic mass is 10.0. The molecule has 154 valence electrons. The Labute approximate surface area is 173 Å². The first-order valence-corrected chi connectivity index (χ1v) is 9.31. The molecular weight excluding hydrogens is 386 g/mol. The summed E-state index contributed by atoms with van der Waals surface area (Å²) in [5.41, 5.74) is 3.84. The van der Waals surface area contributed by atoms with E-state index in [4.69, 9.17) is 9.47 Å². The number of hydrogen-bond donors (Lipinski definition) is 1. The molecule has 1 amide bonds. The van der Waals surface area contributed by atoms with E-state index in [9.17, 15) is 14.9 Å². The van der Waals surface area contributed by atoms with Gasteiger partial charge in [-0.1, -0.05) is 37.3 Å². The van der Waals surface area contributed by atoms with Crippen molar-refractivity contribution in [2.45, 2.75) is 13.3 Å². The van der Waals surface area contributed by atoms with E-state index < -0.39 is 10.8 Å². The molecule has 0 saturated heterocycles. The zero-order chi connectivity index (χ0) is 21.5. The van der Waals surface area contributed by atoms with E-state index >= 15 is 0 Å². The fourth-order valence-corrected chi connectivity index (χ4v) is 2.91. The van der Waals surface area contributed by atoms with Crippen LogP contribution in [-0.4, -0.2) is 30.3 Å². The van der Waals surface area contributed by atoms with Gasteiger partial charge in [0.2, 0.25) is 0 Å². The zero-order valence-electron chi connectivity index (χ0n) is 16.6. The molecule has 3 aromatic carbocycles. The Balaban J connectivity index is 1.68. The molecule has 0 unspecified atom stereocenters. The predicted octanol–water partition coefficient (Wildman–Crippen LogP) is 4.07. The van der Waals surface area contributed by atoms with Crippen molar-refractivity contribution in [3.63, 3.8) is 0 Å². The number of para-hydroxylation sites is 2. The van der Waals surface area contributed by atoms with E-state index in [1.54, 1.807) is 13.2 Å². The maximum atomic E-state index is 12.1. The minimum Gasteiger partial charge on any atom is -0.497 e. The number of amides is 1. The van der Waals surface area contributed by atoms with Gasteiger partial charge >= 0.3 is 5.69 Å². The molecule has 8 nitrogen and oxygen atoms in total. The third kappa shape index (κ3) is 4.91. The van der Waals surface area contributed by atoms with Crippen LogP contribution in [-0.2, 0) is 4.79 Å². The zero-order valence-corrected chi connectivity index (χ0v) is 16.6. The summed E-state index contributed by atoms with van der Waals surface area (Å²) in [6.45, 7) is 1.55. The molecule has 0 aliphatic rings. The van der Waals surface area contributed by atoms with E-state index in [0.29, 0.717) is 12.1 Å². The second-order valence-corrected chi connectivity index (χ2v) is 6.39. The molecular formula is C22H21N3O5. The number of fused-ring (bicyclic) bond motifs is 1. The van der Waals surface area contributed by atoms with E-state index in [1.807, 2.05) is 43.3 Å². The normalized spacial score (nSPS) is 11.2. The highest BCUT2D eigenvalue weighted by molar-refractivity contribution is 6.03. The molecule has 0 aromatic heterocycles. The summed E-state index contributed by atoms with van der Waals surface area (Å²) in [4.78, 5) is 22.5. The number of benzene rings is 3. The highest BCUT2D eigenvalue weighted by Crippen LogP contribution is 2.25. The van der Waals surface area contributed by atoms with Crippen LogP contribution in [0, 0.1) is 10.1 Å². The van der Waals surface area contributed by atoms with Crippen LogP contribution in [0.3, 0.4) is 0 Å². The van der Waals surface area contributed by atoms with E-state index in [1.165, 1.54) is 18.2 Å². The number of nitrogens with zero attached hydrogens (tertiary/aromatic N) is 2. The standard InChI is InChI=1S/C22H21N3O5/c1-3-19(17-9-8-16-13-18(29-2)11-10-15(16)12-17)23-24-22(26)14-30-21-7-5-4-6-20(21)25(27)28/h4-13H,3,14H2,1-2H3,(H,24,26)/b23-19-. The minimum atomic E-state index is -0.560. The summed E-state index contributed by atoms with van der Waals surface area (Å²) in [5, 5.41) is 17.3.